The molecule has 1 aromatic carbocycles. The van der Waals surface area contributed by atoms with Crippen LogP contribution in [0.2, 0.25) is 5.02 Å². The first-order chi connectivity index (χ1) is 9.13. The number of hydrogen-bond acceptors (Lipinski definition) is 2. The van der Waals surface area contributed by atoms with Crippen LogP contribution in [0.4, 0.5) is 10.2 Å². The van der Waals surface area contributed by atoms with E-state index >= 15 is 0 Å². The van der Waals surface area contributed by atoms with E-state index < -0.39 is 0 Å². The summed E-state index contributed by atoms with van der Waals surface area (Å²) >= 11 is 5.77. The van der Waals surface area contributed by atoms with Crippen molar-refractivity contribution in [2.24, 2.45) is 0 Å². The minimum atomic E-state index is -0.334. The summed E-state index contributed by atoms with van der Waals surface area (Å²) in [4.78, 5) is 15.6. The molecule has 0 fully saturated rings. The summed E-state index contributed by atoms with van der Waals surface area (Å²) in [5.74, 6) is -0.273. The maximum Gasteiger partial charge on any atom is 0.249 e. The maximum absolute atomic E-state index is 12.7. The summed E-state index contributed by atoms with van der Waals surface area (Å²) in [7, 11) is 0. The third-order valence-corrected chi connectivity index (χ3v) is 2.51. The van der Waals surface area contributed by atoms with Crippen molar-refractivity contribution in [1.29, 1.82) is 0 Å². The van der Waals surface area contributed by atoms with Crippen LogP contribution in [0.5, 0.6) is 0 Å². The first-order valence-electron chi connectivity index (χ1n) is 5.50. The number of anilines is 1. The lowest BCUT2D eigenvalue weighted by Crippen LogP contribution is -2.08. The molecule has 2 aromatic rings. The standard InChI is InChI=1S/C14H10ClFN2O/c15-11-7-8-17-13(9-11)18-14(19)6-3-10-1-4-12(16)5-2-10/h1-9H,(H,17,18,19)/b6-3+. The Kier molecular flexibility index (Phi) is 4.26. The first-order valence-corrected chi connectivity index (χ1v) is 5.87. The van der Waals surface area contributed by atoms with Crippen LogP contribution in [-0.4, -0.2) is 10.9 Å². The Morgan fingerprint density at radius 3 is 2.68 bits per heavy atom. The van der Waals surface area contributed by atoms with Crippen LogP contribution in [0.3, 0.4) is 0 Å². The van der Waals surface area contributed by atoms with Gasteiger partial charge in [-0.25, -0.2) is 9.37 Å². The van der Waals surface area contributed by atoms with Gasteiger partial charge in [-0.2, -0.15) is 0 Å². The largest absolute Gasteiger partial charge is 0.307 e. The van der Waals surface area contributed by atoms with Crippen molar-refractivity contribution in [3.8, 4) is 0 Å². The molecule has 3 nitrogen and oxygen atoms in total. The van der Waals surface area contributed by atoms with E-state index in [0.29, 0.717) is 10.8 Å². The highest BCUT2D eigenvalue weighted by molar-refractivity contribution is 6.30. The molecule has 0 bridgehead atoms. The highest BCUT2D eigenvalue weighted by Crippen LogP contribution is 2.12. The number of aromatic nitrogens is 1. The van der Waals surface area contributed by atoms with Crippen LogP contribution in [-0.2, 0) is 4.79 Å². The Labute approximate surface area is 114 Å². The minimum Gasteiger partial charge on any atom is -0.307 e. The molecule has 0 spiro atoms. The first kappa shape index (κ1) is 13.2. The van der Waals surface area contributed by atoms with Crippen molar-refractivity contribution in [2.75, 3.05) is 5.32 Å². The van der Waals surface area contributed by atoms with Crippen LogP contribution in [0.15, 0.2) is 48.7 Å². The summed E-state index contributed by atoms with van der Waals surface area (Å²) in [6.45, 7) is 0. The fourth-order valence-corrected chi connectivity index (χ4v) is 1.55. The lowest BCUT2D eigenvalue weighted by Gasteiger charge is -2.00. The zero-order chi connectivity index (χ0) is 13.7. The van der Waals surface area contributed by atoms with Crippen molar-refractivity contribution in [3.05, 3.63) is 65.1 Å². The van der Waals surface area contributed by atoms with Gasteiger partial charge in [0.25, 0.3) is 0 Å². The SMILES string of the molecule is O=C(/C=C/c1ccc(F)cc1)Nc1cc(Cl)ccn1. The molecule has 1 aromatic heterocycles. The molecule has 2 rings (SSSR count). The van der Waals surface area contributed by atoms with Crippen molar-refractivity contribution in [2.45, 2.75) is 0 Å². The quantitative estimate of drug-likeness (QED) is 0.872. The molecule has 19 heavy (non-hydrogen) atoms. The Balaban J connectivity index is 1.99. The zero-order valence-electron chi connectivity index (χ0n) is 9.81. The van der Waals surface area contributed by atoms with E-state index in [1.807, 2.05) is 0 Å². The fourth-order valence-electron chi connectivity index (χ4n) is 1.39. The van der Waals surface area contributed by atoms with Gasteiger partial charge < -0.3 is 5.32 Å². The molecule has 0 aliphatic heterocycles. The molecule has 0 radical (unpaired) electrons. The summed E-state index contributed by atoms with van der Waals surface area (Å²) < 4.78 is 12.7. The van der Waals surface area contributed by atoms with Crippen molar-refractivity contribution < 1.29 is 9.18 Å². The second-order valence-electron chi connectivity index (χ2n) is 3.73. The molecule has 0 aliphatic rings. The number of carbonyl (C=O) groups excluding carboxylic acids is 1. The van der Waals surface area contributed by atoms with Gasteiger partial charge >= 0.3 is 0 Å². The van der Waals surface area contributed by atoms with Crippen molar-refractivity contribution in [3.63, 3.8) is 0 Å². The number of pyridine rings is 1. The van der Waals surface area contributed by atoms with Crippen LogP contribution in [0.1, 0.15) is 5.56 Å². The molecule has 5 heteroatoms. The van der Waals surface area contributed by atoms with Gasteiger partial charge in [-0.1, -0.05) is 23.7 Å². The molecular weight excluding hydrogens is 267 g/mol. The average Bonchev–Trinajstić information content (AvgIpc) is 2.38. The third-order valence-electron chi connectivity index (χ3n) is 2.27. The Bertz CT molecular complexity index is 611. The zero-order valence-corrected chi connectivity index (χ0v) is 10.6. The molecular formula is C14H10ClFN2O. The number of nitrogens with zero attached hydrogens (tertiary/aromatic N) is 1. The van der Waals surface area contributed by atoms with Crippen molar-refractivity contribution >= 4 is 29.4 Å². The van der Waals surface area contributed by atoms with Gasteiger partial charge in [0, 0.05) is 17.3 Å². The summed E-state index contributed by atoms with van der Waals surface area (Å²) in [5.41, 5.74) is 0.732. The van der Waals surface area contributed by atoms with E-state index in [4.69, 9.17) is 11.6 Å². The van der Waals surface area contributed by atoms with Gasteiger partial charge in [-0.3, -0.25) is 4.79 Å². The number of hydrogen-bond donors (Lipinski definition) is 1. The maximum atomic E-state index is 12.7. The van der Waals surface area contributed by atoms with Gasteiger partial charge in [-0.15, -0.1) is 0 Å². The third kappa shape index (κ3) is 4.19. The summed E-state index contributed by atoms with van der Waals surface area (Å²) in [5, 5.41) is 3.06. The Hall–Kier alpha value is -2.20. The van der Waals surface area contributed by atoms with Crippen LogP contribution >= 0.6 is 11.6 Å². The summed E-state index contributed by atoms with van der Waals surface area (Å²) in [6.07, 6.45) is 4.43. The lowest BCUT2D eigenvalue weighted by molar-refractivity contribution is -0.111. The normalized spacial score (nSPS) is 10.6. The lowest BCUT2D eigenvalue weighted by atomic mass is 10.2. The molecule has 0 saturated carbocycles. The summed E-state index contributed by atoms with van der Waals surface area (Å²) in [6, 6.07) is 8.98. The Morgan fingerprint density at radius 2 is 2.00 bits per heavy atom. The number of carbonyl (C=O) groups is 1. The van der Waals surface area contributed by atoms with Crippen LogP contribution in [0.25, 0.3) is 6.08 Å². The molecule has 0 saturated heterocycles. The number of amides is 1. The van der Waals surface area contributed by atoms with Gasteiger partial charge in [0.05, 0.1) is 0 Å². The highest BCUT2D eigenvalue weighted by atomic mass is 35.5. The number of benzene rings is 1. The molecule has 0 atom stereocenters. The predicted octanol–water partition coefficient (Wildman–Crippen LogP) is 3.53. The average molecular weight is 277 g/mol. The van der Waals surface area contributed by atoms with E-state index in [9.17, 15) is 9.18 Å². The molecule has 0 aliphatic carbocycles. The van der Waals surface area contributed by atoms with Crippen molar-refractivity contribution in [1.82, 2.24) is 4.98 Å². The molecule has 0 unspecified atom stereocenters. The van der Waals surface area contributed by atoms with Crippen LogP contribution in [0, 0.1) is 5.82 Å². The van der Waals surface area contributed by atoms with Gasteiger partial charge in [0.15, 0.2) is 0 Å². The second kappa shape index (κ2) is 6.11. The van der Waals surface area contributed by atoms with E-state index in [1.165, 1.54) is 24.4 Å². The van der Waals surface area contributed by atoms with Gasteiger partial charge in [-0.05, 0) is 35.9 Å². The van der Waals surface area contributed by atoms with E-state index in [1.54, 1.807) is 30.3 Å². The highest BCUT2D eigenvalue weighted by Gasteiger charge is 1.99. The minimum absolute atomic E-state index is 0.315. The molecule has 1 N–H and O–H groups in total. The second-order valence-corrected chi connectivity index (χ2v) is 4.17. The Morgan fingerprint density at radius 1 is 1.26 bits per heavy atom. The fraction of sp³-hybridized carbons (Fsp3) is 0. The molecule has 96 valence electrons. The topological polar surface area (TPSA) is 42.0 Å². The monoisotopic (exact) mass is 276 g/mol. The van der Waals surface area contributed by atoms with Crippen LogP contribution < -0.4 is 5.32 Å². The molecule has 1 amide bonds. The smallest absolute Gasteiger partial charge is 0.249 e. The molecule has 1 heterocycles. The number of rotatable bonds is 3. The van der Waals surface area contributed by atoms with Gasteiger partial charge in [0.2, 0.25) is 5.91 Å². The number of halogens is 2. The van der Waals surface area contributed by atoms with E-state index in [0.717, 1.165) is 5.56 Å². The van der Waals surface area contributed by atoms with E-state index in [2.05, 4.69) is 10.3 Å². The van der Waals surface area contributed by atoms with E-state index in [-0.39, 0.29) is 11.7 Å². The predicted molar refractivity (Wildman–Crippen MR) is 73.3 cm³/mol. The number of nitrogens with one attached hydrogen (secondary N) is 1. The van der Waals surface area contributed by atoms with Gasteiger partial charge in [0.1, 0.15) is 11.6 Å².